The number of nitro groups is 2. The molecule has 0 spiro atoms. The van der Waals surface area contributed by atoms with Crippen molar-refractivity contribution in [3.8, 4) is 0 Å². The number of hydrogen-bond acceptors (Lipinski definition) is 7. The molecule has 0 saturated heterocycles. The predicted octanol–water partition coefficient (Wildman–Crippen LogP) is 4.07. The van der Waals surface area contributed by atoms with E-state index in [1.54, 1.807) is 0 Å². The van der Waals surface area contributed by atoms with Crippen molar-refractivity contribution >= 4 is 39.5 Å². The summed E-state index contributed by atoms with van der Waals surface area (Å²) in [4.78, 5) is 46.5. The van der Waals surface area contributed by atoms with Gasteiger partial charge in [0.15, 0.2) is 0 Å². The Hall–Kier alpha value is -3.34. The number of carbonyl (C=O) groups is 2. The number of thiophene rings is 1. The molecule has 164 valence electrons. The van der Waals surface area contributed by atoms with Crippen LogP contribution in [0.4, 0.5) is 16.4 Å². The van der Waals surface area contributed by atoms with Crippen LogP contribution in [-0.2, 0) is 12.8 Å². The van der Waals surface area contributed by atoms with E-state index in [0.717, 1.165) is 41.5 Å². The SMILES string of the molecule is CC(C)(C)C1CCc2c(sc(NC(=O)c3ccc([N+](=O)[O-])cc3[N+](=O)[O-])c2C(N)=O)C1. The zero-order valence-corrected chi connectivity index (χ0v) is 18.1. The molecule has 10 nitrogen and oxygen atoms in total. The Morgan fingerprint density at radius 3 is 2.42 bits per heavy atom. The predicted molar refractivity (Wildman–Crippen MR) is 116 cm³/mol. The zero-order chi connectivity index (χ0) is 23.1. The number of nitrogens with zero attached hydrogens (tertiary/aromatic N) is 2. The van der Waals surface area contributed by atoms with Gasteiger partial charge in [-0.15, -0.1) is 11.3 Å². The van der Waals surface area contributed by atoms with Crippen LogP contribution in [-0.4, -0.2) is 21.7 Å². The van der Waals surface area contributed by atoms with Crippen molar-refractivity contribution in [3.63, 3.8) is 0 Å². The minimum Gasteiger partial charge on any atom is -0.365 e. The summed E-state index contributed by atoms with van der Waals surface area (Å²) in [6.45, 7) is 6.46. The molecular formula is C20H22N4O6S. The fourth-order valence-electron chi connectivity index (χ4n) is 3.82. The summed E-state index contributed by atoms with van der Waals surface area (Å²) in [5.74, 6) is -1.12. The lowest BCUT2D eigenvalue weighted by Gasteiger charge is -2.33. The quantitative estimate of drug-likeness (QED) is 0.520. The molecular weight excluding hydrogens is 424 g/mol. The first-order valence-electron chi connectivity index (χ1n) is 9.58. The first-order valence-corrected chi connectivity index (χ1v) is 10.4. The zero-order valence-electron chi connectivity index (χ0n) is 17.3. The summed E-state index contributed by atoms with van der Waals surface area (Å²) < 4.78 is 0. The Labute approximate surface area is 181 Å². The molecule has 1 aromatic carbocycles. The molecule has 1 heterocycles. The molecule has 3 N–H and O–H groups in total. The Kier molecular flexibility index (Phi) is 5.81. The van der Waals surface area contributed by atoms with Crippen LogP contribution in [0.2, 0.25) is 0 Å². The lowest BCUT2D eigenvalue weighted by Crippen LogP contribution is -2.27. The molecule has 11 heteroatoms. The molecule has 0 radical (unpaired) electrons. The van der Waals surface area contributed by atoms with Crippen LogP contribution in [0.3, 0.4) is 0 Å². The second-order valence-electron chi connectivity index (χ2n) is 8.55. The standard InChI is InChI=1S/C20H22N4O6S/c1-20(2,3)10-4-6-13-15(8-10)31-19(16(13)17(21)25)22-18(26)12-7-5-11(23(27)28)9-14(12)24(29)30/h5,7,9-10H,4,6,8H2,1-3H3,(H2,21,25)(H,22,26). The smallest absolute Gasteiger partial charge is 0.289 e. The van der Waals surface area contributed by atoms with Crippen LogP contribution in [0.25, 0.3) is 0 Å². The number of carbonyl (C=O) groups excluding carboxylic acids is 2. The molecule has 3 rings (SSSR count). The number of non-ortho nitro benzene ring substituents is 1. The molecule has 1 unspecified atom stereocenters. The molecule has 0 bridgehead atoms. The number of primary amides is 1. The van der Waals surface area contributed by atoms with Crippen molar-refractivity contribution in [1.29, 1.82) is 0 Å². The highest BCUT2D eigenvalue weighted by Gasteiger charge is 2.34. The van der Waals surface area contributed by atoms with Crippen molar-refractivity contribution in [1.82, 2.24) is 0 Å². The van der Waals surface area contributed by atoms with Crippen molar-refractivity contribution in [2.45, 2.75) is 40.0 Å². The topological polar surface area (TPSA) is 158 Å². The lowest BCUT2D eigenvalue weighted by atomic mass is 9.72. The number of nitrogens with two attached hydrogens (primary N) is 1. The van der Waals surface area contributed by atoms with E-state index < -0.39 is 33.0 Å². The van der Waals surface area contributed by atoms with Crippen molar-refractivity contribution < 1.29 is 19.4 Å². The number of hydrogen-bond donors (Lipinski definition) is 2. The normalized spacial score (nSPS) is 15.8. The average molecular weight is 446 g/mol. The van der Waals surface area contributed by atoms with Gasteiger partial charge in [0, 0.05) is 10.9 Å². The lowest BCUT2D eigenvalue weighted by molar-refractivity contribution is -0.394. The average Bonchev–Trinajstić information content (AvgIpc) is 3.03. The van der Waals surface area contributed by atoms with Gasteiger partial charge in [0.05, 0.1) is 21.5 Å². The monoisotopic (exact) mass is 446 g/mol. The number of anilines is 1. The number of nitro benzene ring substituents is 2. The molecule has 0 aliphatic heterocycles. The molecule has 1 aliphatic carbocycles. The first kappa shape index (κ1) is 22.3. The minimum absolute atomic E-state index is 0.0807. The van der Waals surface area contributed by atoms with E-state index in [0.29, 0.717) is 12.3 Å². The second kappa shape index (κ2) is 8.06. The highest BCUT2D eigenvalue weighted by molar-refractivity contribution is 7.17. The molecule has 1 aliphatic rings. The third-order valence-corrected chi connectivity index (χ3v) is 6.77. The van der Waals surface area contributed by atoms with Gasteiger partial charge in [0.1, 0.15) is 10.6 Å². The summed E-state index contributed by atoms with van der Waals surface area (Å²) in [7, 11) is 0. The van der Waals surface area contributed by atoms with Gasteiger partial charge in [0.25, 0.3) is 23.2 Å². The fraction of sp³-hybridized carbons (Fsp3) is 0.400. The van der Waals surface area contributed by atoms with E-state index in [4.69, 9.17) is 5.73 Å². The van der Waals surface area contributed by atoms with Gasteiger partial charge in [-0.05, 0) is 42.2 Å². The summed E-state index contributed by atoms with van der Waals surface area (Å²) in [6, 6.07) is 2.78. The summed E-state index contributed by atoms with van der Waals surface area (Å²) in [6.07, 6.45) is 2.28. The van der Waals surface area contributed by atoms with Gasteiger partial charge in [0.2, 0.25) is 0 Å². The van der Waals surface area contributed by atoms with Crippen LogP contribution >= 0.6 is 11.3 Å². The maximum Gasteiger partial charge on any atom is 0.289 e. The number of benzene rings is 1. The van der Waals surface area contributed by atoms with Crippen LogP contribution < -0.4 is 11.1 Å². The van der Waals surface area contributed by atoms with Crippen LogP contribution in [0.15, 0.2) is 18.2 Å². The number of nitrogens with one attached hydrogen (secondary N) is 1. The molecule has 1 atom stereocenters. The number of amides is 2. The Bertz CT molecular complexity index is 1100. The maximum absolute atomic E-state index is 12.8. The Morgan fingerprint density at radius 1 is 1.19 bits per heavy atom. The van der Waals surface area contributed by atoms with E-state index in [9.17, 15) is 29.8 Å². The molecule has 1 aromatic heterocycles. The van der Waals surface area contributed by atoms with Crippen LogP contribution in [0.5, 0.6) is 0 Å². The highest BCUT2D eigenvalue weighted by Crippen LogP contribution is 2.44. The van der Waals surface area contributed by atoms with E-state index in [2.05, 4.69) is 26.1 Å². The van der Waals surface area contributed by atoms with E-state index >= 15 is 0 Å². The van der Waals surface area contributed by atoms with Gasteiger partial charge in [-0.3, -0.25) is 29.8 Å². The second-order valence-corrected chi connectivity index (χ2v) is 9.65. The molecule has 31 heavy (non-hydrogen) atoms. The van der Waals surface area contributed by atoms with Gasteiger partial charge in [-0.2, -0.15) is 0 Å². The highest BCUT2D eigenvalue weighted by atomic mass is 32.1. The van der Waals surface area contributed by atoms with Gasteiger partial charge >= 0.3 is 0 Å². The Balaban J connectivity index is 1.98. The molecule has 2 amide bonds. The summed E-state index contributed by atoms with van der Waals surface area (Å²) in [5, 5.41) is 25.1. The molecule has 0 fully saturated rings. The van der Waals surface area contributed by atoms with E-state index in [1.165, 1.54) is 11.3 Å². The van der Waals surface area contributed by atoms with E-state index in [-0.39, 0.29) is 21.5 Å². The largest absolute Gasteiger partial charge is 0.365 e. The molecule has 0 saturated carbocycles. The third kappa shape index (κ3) is 4.41. The fourth-order valence-corrected chi connectivity index (χ4v) is 5.15. The summed E-state index contributed by atoms with van der Waals surface area (Å²) >= 11 is 1.24. The third-order valence-electron chi connectivity index (χ3n) is 5.60. The molecule has 2 aromatic rings. The number of fused-ring (bicyclic) bond motifs is 1. The van der Waals surface area contributed by atoms with Gasteiger partial charge in [-0.1, -0.05) is 20.8 Å². The van der Waals surface area contributed by atoms with Gasteiger partial charge < -0.3 is 11.1 Å². The number of rotatable bonds is 5. The van der Waals surface area contributed by atoms with Crippen molar-refractivity contribution in [2.75, 3.05) is 5.32 Å². The summed E-state index contributed by atoms with van der Waals surface area (Å²) in [5.41, 5.74) is 5.17. The van der Waals surface area contributed by atoms with Crippen LogP contribution in [0, 0.1) is 31.6 Å². The van der Waals surface area contributed by atoms with Crippen LogP contribution in [0.1, 0.15) is 58.3 Å². The Morgan fingerprint density at radius 2 is 1.87 bits per heavy atom. The maximum atomic E-state index is 12.8. The first-order chi connectivity index (χ1) is 14.4. The van der Waals surface area contributed by atoms with Gasteiger partial charge in [-0.25, -0.2) is 0 Å². The van der Waals surface area contributed by atoms with Crippen molar-refractivity contribution in [3.05, 3.63) is 60.0 Å². The minimum atomic E-state index is -0.857. The van der Waals surface area contributed by atoms with E-state index in [1.807, 2.05) is 0 Å². The van der Waals surface area contributed by atoms with Crippen molar-refractivity contribution in [2.24, 2.45) is 17.1 Å².